The standard InChI is InChI=1S/C10H18O/c1-4-7-10(3,5-2)8-6-9-11/h6,8-9H,4-5,7H2,1-3H3. The number of rotatable bonds is 5. The molecule has 1 nitrogen and oxygen atoms in total. The molecule has 1 atom stereocenters. The van der Waals surface area contributed by atoms with Gasteiger partial charge in [0.15, 0.2) is 0 Å². The van der Waals surface area contributed by atoms with Gasteiger partial charge in [-0.15, -0.1) is 0 Å². The van der Waals surface area contributed by atoms with Gasteiger partial charge >= 0.3 is 0 Å². The van der Waals surface area contributed by atoms with Crippen molar-refractivity contribution in [3.8, 4) is 0 Å². The van der Waals surface area contributed by atoms with E-state index in [0.29, 0.717) is 0 Å². The topological polar surface area (TPSA) is 17.1 Å². The SMILES string of the molecule is CCCC(C)(C=CC=O)CC. The van der Waals surface area contributed by atoms with Gasteiger partial charge in [0.25, 0.3) is 0 Å². The van der Waals surface area contributed by atoms with Crippen molar-refractivity contribution in [2.24, 2.45) is 5.41 Å². The zero-order chi connectivity index (χ0) is 8.74. The number of carbonyl (C=O) groups is 1. The number of hydrogen-bond acceptors (Lipinski definition) is 1. The fraction of sp³-hybridized carbons (Fsp3) is 0.700. The fourth-order valence-electron chi connectivity index (χ4n) is 1.22. The number of aldehydes is 1. The summed E-state index contributed by atoms with van der Waals surface area (Å²) in [5, 5.41) is 0. The molecule has 0 aromatic rings. The Morgan fingerprint density at radius 1 is 1.36 bits per heavy atom. The lowest BCUT2D eigenvalue weighted by molar-refractivity contribution is -0.104. The van der Waals surface area contributed by atoms with Crippen LogP contribution in [0.3, 0.4) is 0 Å². The third-order valence-electron chi connectivity index (χ3n) is 2.21. The van der Waals surface area contributed by atoms with Crippen LogP contribution in [0.2, 0.25) is 0 Å². The molecule has 0 N–H and O–H groups in total. The third-order valence-corrected chi connectivity index (χ3v) is 2.21. The van der Waals surface area contributed by atoms with Crippen molar-refractivity contribution in [1.29, 1.82) is 0 Å². The van der Waals surface area contributed by atoms with E-state index in [0.717, 1.165) is 19.1 Å². The van der Waals surface area contributed by atoms with Crippen LogP contribution in [0.15, 0.2) is 12.2 Å². The molecule has 0 spiro atoms. The van der Waals surface area contributed by atoms with Gasteiger partial charge in [-0.2, -0.15) is 0 Å². The van der Waals surface area contributed by atoms with Gasteiger partial charge in [0, 0.05) is 0 Å². The predicted molar refractivity (Wildman–Crippen MR) is 48.5 cm³/mol. The molecule has 0 rings (SSSR count). The van der Waals surface area contributed by atoms with Crippen molar-refractivity contribution in [2.45, 2.75) is 40.0 Å². The average molecular weight is 154 g/mol. The van der Waals surface area contributed by atoms with Crippen molar-refractivity contribution < 1.29 is 4.79 Å². The molecule has 0 aromatic heterocycles. The molecule has 0 bridgehead atoms. The van der Waals surface area contributed by atoms with Gasteiger partial charge in [-0.25, -0.2) is 0 Å². The van der Waals surface area contributed by atoms with Gasteiger partial charge in [-0.3, -0.25) is 4.79 Å². The molecule has 11 heavy (non-hydrogen) atoms. The molecule has 0 saturated heterocycles. The summed E-state index contributed by atoms with van der Waals surface area (Å²) in [5.74, 6) is 0. The van der Waals surface area contributed by atoms with Crippen LogP contribution < -0.4 is 0 Å². The summed E-state index contributed by atoms with van der Waals surface area (Å²) in [7, 11) is 0. The van der Waals surface area contributed by atoms with E-state index in [2.05, 4.69) is 20.8 Å². The first-order chi connectivity index (χ1) is 5.18. The Morgan fingerprint density at radius 2 is 2.00 bits per heavy atom. The average Bonchev–Trinajstić information content (AvgIpc) is 2.02. The second-order valence-corrected chi connectivity index (χ2v) is 3.25. The fourth-order valence-corrected chi connectivity index (χ4v) is 1.22. The molecule has 0 heterocycles. The first kappa shape index (κ1) is 10.4. The molecule has 0 aliphatic rings. The van der Waals surface area contributed by atoms with Gasteiger partial charge < -0.3 is 0 Å². The van der Waals surface area contributed by atoms with Crippen molar-refractivity contribution in [3.63, 3.8) is 0 Å². The normalized spacial score (nSPS) is 16.6. The summed E-state index contributed by atoms with van der Waals surface area (Å²) < 4.78 is 0. The highest BCUT2D eigenvalue weighted by Crippen LogP contribution is 2.28. The molecule has 64 valence electrons. The Bertz CT molecular complexity index is 138. The molecule has 0 aliphatic heterocycles. The Hall–Kier alpha value is -0.590. The maximum absolute atomic E-state index is 10.1. The Labute approximate surface area is 69.5 Å². The van der Waals surface area contributed by atoms with Crippen LogP contribution in [-0.4, -0.2) is 6.29 Å². The smallest absolute Gasteiger partial charge is 0.142 e. The zero-order valence-corrected chi connectivity index (χ0v) is 7.76. The summed E-state index contributed by atoms with van der Waals surface area (Å²) in [4.78, 5) is 10.1. The lowest BCUT2D eigenvalue weighted by Crippen LogP contribution is -2.10. The first-order valence-corrected chi connectivity index (χ1v) is 4.31. The van der Waals surface area contributed by atoms with Gasteiger partial charge in [0.1, 0.15) is 6.29 Å². The molecule has 1 heteroatoms. The lowest BCUT2D eigenvalue weighted by Gasteiger charge is -2.22. The monoisotopic (exact) mass is 154 g/mol. The lowest BCUT2D eigenvalue weighted by atomic mass is 9.83. The second-order valence-electron chi connectivity index (χ2n) is 3.25. The second kappa shape index (κ2) is 5.11. The van der Waals surface area contributed by atoms with E-state index in [1.54, 1.807) is 6.08 Å². The first-order valence-electron chi connectivity index (χ1n) is 4.31. The summed E-state index contributed by atoms with van der Waals surface area (Å²) in [6.45, 7) is 6.52. The highest BCUT2D eigenvalue weighted by atomic mass is 16.1. The third kappa shape index (κ3) is 3.97. The predicted octanol–water partition coefficient (Wildman–Crippen LogP) is 2.96. The van der Waals surface area contributed by atoms with Crippen molar-refractivity contribution in [1.82, 2.24) is 0 Å². The molecule has 0 radical (unpaired) electrons. The van der Waals surface area contributed by atoms with E-state index in [9.17, 15) is 4.79 Å². The maximum atomic E-state index is 10.1. The quantitative estimate of drug-likeness (QED) is 0.439. The molecule has 0 amide bonds. The molecule has 1 unspecified atom stereocenters. The van der Waals surface area contributed by atoms with E-state index in [4.69, 9.17) is 0 Å². The zero-order valence-electron chi connectivity index (χ0n) is 7.76. The molecule has 0 fully saturated rings. The van der Waals surface area contributed by atoms with E-state index in [-0.39, 0.29) is 5.41 Å². The molecule has 0 saturated carbocycles. The number of carbonyl (C=O) groups excluding carboxylic acids is 1. The van der Waals surface area contributed by atoms with Crippen LogP contribution >= 0.6 is 0 Å². The van der Waals surface area contributed by atoms with E-state index in [1.807, 2.05) is 6.08 Å². The summed E-state index contributed by atoms with van der Waals surface area (Å²) in [5.41, 5.74) is 0.232. The maximum Gasteiger partial charge on any atom is 0.142 e. The minimum Gasteiger partial charge on any atom is -0.299 e. The number of hydrogen-bond donors (Lipinski definition) is 0. The summed E-state index contributed by atoms with van der Waals surface area (Å²) in [6, 6.07) is 0. The van der Waals surface area contributed by atoms with E-state index in [1.165, 1.54) is 6.42 Å². The van der Waals surface area contributed by atoms with Gasteiger partial charge in [-0.05, 0) is 24.3 Å². The van der Waals surface area contributed by atoms with Crippen molar-refractivity contribution >= 4 is 6.29 Å². The van der Waals surface area contributed by atoms with Gasteiger partial charge in [0.2, 0.25) is 0 Å². The van der Waals surface area contributed by atoms with E-state index >= 15 is 0 Å². The minimum atomic E-state index is 0.232. The highest BCUT2D eigenvalue weighted by Gasteiger charge is 2.15. The van der Waals surface area contributed by atoms with Crippen LogP contribution in [0.25, 0.3) is 0 Å². The Balaban J connectivity index is 4.08. The highest BCUT2D eigenvalue weighted by molar-refractivity contribution is 5.64. The molecule has 0 aliphatic carbocycles. The molecular formula is C10H18O. The summed E-state index contributed by atoms with van der Waals surface area (Å²) in [6.07, 6.45) is 7.92. The Kier molecular flexibility index (Phi) is 4.84. The van der Waals surface area contributed by atoms with Gasteiger partial charge in [0.05, 0.1) is 0 Å². The molecule has 0 aromatic carbocycles. The van der Waals surface area contributed by atoms with Crippen molar-refractivity contribution in [2.75, 3.05) is 0 Å². The van der Waals surface area contributed by atoms with Gasteiger partial charge in [-0.1, -0.05) is 33.3 Å². The molecular weight excluding hydrogens is 136 g/mol. The van der Waals surface area contributed by atoms with Crippen LogP contribution in [0.5, 0.6) is 0 Å². The van der Waals surface area contributed by atoms with Crippen LogP contribution in [0.1, 0.15) is 40.0 Å². The van der Waals surface area contributed by atoms with Crippen LogP contribution in [-0.2, 0) is 4.79 Å². The van der Waals surface area contributed by atoms with Crippen LogP contribution in [0, 0.1) is 5.41 Å². The summed E-state index contributed by atoms with van der Waals surface area (Å²) >= 11 is 0. The number of allylic oxidation sites excluding steroid dienone is 2. The van der Waals surface area contributed by atoms with Crippen LogP contribution in [0.4, 0.5) is 0 Å². The Morgan fingerprint density at radius 3 is 2.36 bits per heavy atom. The largest absolute Gasteiger partial charge is 0.299 e. The van der Waals surface area contributed by atoms with Crippen molar-refractivity contribution in [3.05, 3.63) is 12.2 Å². The van der Waals surface area contributed by atoms with E-state index < -0.39 is 0 Å². The minimum absolute atomic E-state index is 0.232.